The molecule has 9 heteroatoms. The summed E-state index contributed by atoms with van der Waals surface area (Å²) in [7, 11) is 1.53. The number of hydrogen-bond donors (Lipinski definition) is 2. The van der Waals surface area contributed by atoms with E-state index < -0.39 is 0 Å². The Balaban J connectivity index is 1.41. The number of rotatable bonds is 7. The number of para-hydroxylation sites is 2. The van der Waals surface area contributed by atoms with E-state index in [1.165, 1.54) is 30.2 Å². The molecule has 0 bridgehead atoms. The van der Waals surface area contributed by atoms with Gasteiger partial charge < -0.3 is 15.4 Å². The number of nitrogens with one attached hydrogen (secondary N) is 2. The monoisotopic (exact) mass is 483 g/mol. The number of anilines is 2. The Hall–Kier alpha value is -3.07. The summed E-state index contributed by atoms with van der Waals surface area (Å²) < 4.78 is 6.94. The molecule has 0 fully saturated rings. The first-order valence-electron chi connectivity index (χ1n) is 9.55. The number of nitrogens with zero attached hydrogens (tertiary/aromatic N) is 1. The van der Waals surface area contributed by atoms with E-state index in [4.69, 9.17) is 16.3 Å². The summed E-state index contributed by atoms with van der Waals surface area (Å²) in [4.78, 5) is 29.4. The number of carbonyl (C=O) groups excluding carboxylic acids is 2. The van der Waals surface area contributed by atoms with Crippen molar-refractivity contribution in [3.8, 4) is 5.75 Å². The maximum absolute atomic E-state index is 12.6. The van der Waals surface area contributed by atoms with E-state index >= 15 is 0 Å². The Kier molecular flexibility index (Phi) is 6.94. The highest BCUT2D eigenvalue weighted by Crippen LogP contribution is 2.32. The largest absolute Gasteiger partial charge is 0.496 e. The van der Waals surface area contributed by atoms with Gasteiger partial charge in [-0.3, -0.25) is 9.59 Å². The normalized spacial score (nSPS) is 10.7. The number of thioether (sulfide) groups is 1. The fourth-order valence-corrected chi connectivity index (χ4v) is 5.04. The van der Waals surface area contributed by atoms with Crippen molar-refractivity contribution in [3.05, 3.63) is 77.3 Å². The zero-order valence-corrected chi connectivity index (χ0v) is 19.3. The standard InChI is InChI=1S/C23H18ClN3O3S2/c1-30-19-9-5-2-6-15(19)22(29)25-14-10-11-18-20(12-14)32-23(27-18)31-13-21(28)26-17-8-4-3-7-16(17)24/h2-12H,13H2,1H3,(H,25,29)(H,26,28). The van der Waals surface area contributed by atoms with Crippen molar-refractivity contribution < 1.29 is 14.3 Å². The average molecular weight is 484 g/mol. The summed E-state index contributed by atoms with van der Waals surface area (Å²) in [6, 6.07) is 19.7. The third kappa shape index (κ3) is 5.21. The molecule has 0 spiro atoms. The minimum Gasteiger partial charge on any atom is -0.496 e. The van der Waals surface area contributed by atoms with Crippen LogP contribution in [0.5, 0.6) is 5.75 Å². The van der Waals surface area contributed by atoms with Crippen LogP contribution in [0.15, 0.2) is 71.1 Å². The van der Waals surface area contributed by atoms with Crippen LogP contribution in [0, 0.1) is 0 Å². The minimum absolute atomic E-state index is 0.160. The number of hydrogen-bond acceptors (Lipinski definition) is 6. The second-order valence-electron chi connectivity index (χ2n) is 6.63. The molecule has 162 valence electrons. The zero-order chi connectivity index (χ0) is 22.5. The third-order valence-electron chi connectivity index (χ3n) is 4.45. The van der Waals surface area contributed by atoms with Crippen LogP contribution in [0.4, 0.5) is 11.4 Å². The average Bonchev–Trinajstić information content (AvgIpc) is 3.21. The smallest absolute Gasteiger partial charge is 0.259 e. The number of amides is 2. The van der Waals surface area contributed by atoms with Crippen LogP contribution in [-0.2, 0) is 4.79 Å². The van der Waals surface area contributed by atoms with Crippen molar-refractivity contribution >= 4 is 68.1 Å². The summed E-state index contributed by atoms with van der Waals surface area (Å²) in [5.74, 6) is 0.310. The van der Waals surface area contributed by atoms with E-state index in [0.717, 1.165) is 14.6 Å². The van der Waals surface area contributed by atoms with Gasteiger partial charge in [-0.25, -0.2) is 4.98 Å². The first kappa shape index (κ1) is 22.1. The molecular weight excluding hydrogens is 466 g/mol. The molecule has 32 heavy (non-hydrogen) atoms. The Morgan fingerprint density at radius 2 is 1.84 bits per heavy atom. The number of benzene rings is 3. The lowest BCUT2D eigenvalue weighted by molar-refractivity contribution is -0.113. The van der Waals surface area contributed by atoms with Crippen LogP contribution in [0.1, 0.15) is 10.4 Å². The van der Waals surface area contributed by atoms with Crippen molar-refractivity contribution in [3.63, 3.8) is 0 Å². The fraction of sp³-hybridized carbons (Fsp3) is 0.0870. The van der Waals surface area contributed by atoms with Crippen molar-refractivity contribution in [1.82, 2.24) is 4.98 Å². The lowest BCUT2D eigenvalue weighted by Crippen LogP contribution is -2.14. The predicted octanol–water partition coefficient (Wildman–Crippen LogP) is 5.94. The molecule has 2 amide bonds. The minimum atomic E-state index is -0.253. The summed E-state index contributed by atoms with van der Waals surface area (Å²) >= 11 is 8.89. The number of thiazole rings is 1. The van der Waals surface area contributed by atoms with Gasteiger partial charge >= 0.3 is 0 Å². The zero-order valence-electron chi connectivity index (χ0n) is 16.9. The van der Waals surface area contributed by atoms with E-state index in [9.17, 15) is 9.59 Å². The highest BCUT2D eigenvalue weighted by atomic mass is 35.5. The van der Waals surface area contributed by atoms with Crippen molar-refractivity contribution in [1.29, 1.82) is 0 Å². The Bertz CT molecular complexity index is 1290. The molecule has 0 aliphatic carbocycles. The van der Waals surface area contributed by atoms with Crippen LogP contribution in [0.25, 0.3) is 10.2 Å². The lowest BCUT2D eigenvalue weighted by atomic mass is 10.2. The predicted molar refractivity (Wildman–Crippen MR) is 131 cm³/mol. The van der Waals surface area contributed by atoms with Gasteiger partial charge in [0.05, 0.1) is 39.4 Å². The maximum Gasteiger partial charge on any atom is 0.259 e. The van der Waals surface area contributed by atoms with Crippen LogP contribution in [0.2, 0.25) is 5.02 Å². The summed E-state index contributed by atoms with van der Waals surface area (Å²) in [5.41, 5.74) is 2.50. The van der Waals surface area contributed by atoms with Crippen LogP contribution < -0.4 is 15.4 Å². The highest BCUT2D eigenvalue weighted by molar-refractivity contribution is 8.01. The van der Waals surface area contributed by atoms with Crippen molar-refractivity contribution in [2.24, 2.45) is 0 Å². The van der Waals surface area contributed by atoms with Crippen LogP contribution >= 0.6 is 34.7 Å². The first-order chi connectivity index (χ1) is 15.5. The van der Waals surface area contributed by atoms with Crippen LogP contribution in [-0.4, -0.2) is 29.7 Å². The molecule has 0 unspecified atom stereocenters. The molecule has 3 aromatic carbocycles. The number of halogens is 1. The van der Waals surface area contributed by atoms with Gasteiger partial charge in [-0.15, -0.1) is 11.3 Å². The molecule has 0 radical (unpaired) electrons. The van der Waals surface area contributed by atoms with E-state index in [1.54, 1.807) is 42.5 Å². The molecule has 6 nitrogen and oxygen atoms in total. The van der Waals surface area contributed by atoms with Gasteiger partial charge in [0.2, 0.25) is 5.91 Å². The van der Waals surface area contributed by atoms with Gasteiger partial charge in [-0.1, -0.05) is 47.6 Å². The quantitative estimate of drug-likeness (QED) is 0.318. The molecule has 0 saturated heterocycles. The number of methoxy groups -OCH3 is 1. The molecule has 0 aliphatic rings. The fourth-order valence-electron chi connectivity index (χ4n) is 2.95. The first-order valence-corrected chi connectivity index (χ1v) is 11.7. The van der Waals surface area contributed by atoms with Crippen molar-refractivity contribution in [2.45, 2.75) is 4.34 Å². The summed E-state index contributed by atoms with van der Waals surface area (Å²) in [5, 5.41) is 6.18. The molecule has 0 saturated carbocycles. The third-order valence-corrected chi connectivity index (χ3v) is 6.94. The van der Waals surface area contributed by atoms with Gasteiger partial charge in [-0.05, 0) is 42.5 Å². The molecule has 4 rings (SSSR count). The van der Waals surface area contributed by atoms with Gasteiger partial charge in [0, 0.05) is 5.69 Å². The summed E-state index contributed by atoms with van der Waals surface area (Å²) in [6.07, 6.45) is 0. The topological polar surface area (TPSA) is 80.3 Å². The van der Waals surface area contributed by atoms with Gasteiger partial charge in [0.1, 0.15) is 5.75 Å². The Morgan fingerprint density at radius 1 is 1.06 bits per heavy atom. The van der Waals surface area contributed by atoms with E-state index in [2.05, 4.69) is 15.6 Å². The number of ether oxygens (including phenoxy) is 1. The van der Waals surface area contributed by atoms with Crippen LogP contribution in [0.3, 0.4) is 0 Å². The molecular formula is C23H18ClN3O3S2. The van der Waals surface area contributed by atoms with Gasteiger partial charge in [-0.2, -0.15) is 0 Å². The summed E-state index contributed by atoms with van der Waals surface area (Å²) in [6.45, 7) is 0. The number of fused-ring (bicyclic) bond motifs is 1. The van der Waals surface area contributed by atoms with Gasteiger partial charge in [0.25, 0.3) is 5.91 Å². The Labute approximate surface area is 198 Å². The molecule has 4 aromatic rings. The van der Waals surface area contributed by atoms with E-state index in [-0.39, 0.29) is 17.6 Å². The SMILES string of the molecule is COc1ccccc1C(=O)Nc1ccc2nc(SCC(=O)Nc3ccccc3Cl)sc2c1. The van der Waals surface area contributed by atoms with E-state index in [1.807, 2.05) is 24.3 Å². The maximum atomic E-state index is 12.6. The molecule has 0 aliphatic heterocycles. The molecule has 2 N–H and O–H groups in total. The highest BCUT2D eigenvalue weighted by Gasteiger charge is 2.13. The lowest BCUT2D eigenvalue weighted by Gasteiger charge is -2.09. The Morgan fingerprint density at radius 3 is 2.66 bits per heavy atom. The number of carbonyl (C=O) groups is 2. The second-order valence-corrected chi connectivity index (χ2v) is 9.29. The van der Waals surface area contributed by atoms with Crippen molar-refractivity contribution in [2.75, 3.05) is 23.5 Å². The number of aromatic nitrogens is 1. The van der Waals surface area contributed by atoms with Gasteiger partial charge in [0.15, 0.2) is 4.34 Å². The molecule has 1 heterocycles. The second kappa shape index (κ2) is 10.0. The molecule has 0 atom stereocenters. The van der Waals surface area contributed by atoms with E-state index in [0.29, 0.717) is 27.7 Å². The molecule has 1 aromatic heterocycles.